The number of hydrogen-bond acceptors (Lipinski definition) is 5. The number of hydrogen-bond donors (Lipinski definition) is 1. The van der Waals surface area contributed by atoms with Crippen LogP contribution in [0, 0.1) is 0 Å². The molecule has 0 radical (unpaired) electrons. The summed E-state index contributed by atoms with van der Waals surface area (Å²) in [5.41, 5.74) is 5.68. The smallest absolute Gasteiger partial charge is 0.251 e. The zero-order valence-corrected chi connectivity index (χ0v) is 17.7. The lowest BCUT2D eigenvalue weighted by atomic mass is 10.1. The van der Waals surface area contributed by atoms with Crippen LogP contribution in [0.1, 0.15) is 41.0 Å². The highest BCUT2D eigenvalue weighted by molar-refractivity contribution is 7.07. The van der Waals surface area contributed by atoms with Crippen LogP contribution in [-0.2, 0) is 19.7 Å². The van der Waals surface area contributed by atoms with Crippen LogP contribution in [0.5, 0.6) is 5.75 Å². The van der Waals surface area contributed by atoms with Crippen molar-refractivity contribution in [2.45, 2.75) is 33.5 Å². The summed E-state index contributed by atoms with van der Waals surface area (Å²) in [6.45, 7) is 8.33. The summed E-state index contributed by atoms with van der Waals surface area (Å²) in [7, 11) is 0. The lowest BCUT2D eigenvalue weighted by Gasteiger charge is -2.18. The molecule has 3 rings (SSSR count). The van der Waals surface area contributed by atoms with E-state index in [1.807, 2.05) is 17.5 Å². The van der Waals surface area contributed by atoms with Crippen molar-refractivity contribution in [3.05, 3.63) is 81.8 Å². The van der Waals surface area contributed by atoms with Crippen molar-refractivity contribution in [2.75, 3.05) is 13.1 Å². The second-order valence-electron chi connectivity index (χ2n) is 6.75. The number of aromatic nitrogens is 1. The van der Waals surface area contributed by atoms with Crippen LogP contribution in [0.3, 0.4) is 0 Å². The van der Waals surface area contributed by atoms with Crippen LogP contribution in [0.25, 0.3) is 0 Å². The Bertz CT molecular complexity index is 874. The highest BCUT2D eigenvalue weighted by atomic mass is 32.1. The maximum atomic E-state index is 12.4. The lowest BCUT2D eigenvalue weighted by molar-refractivity contribution is 0.0951. The second-order valence-corrected chi connectivity index (χ2v) is 7.47. The van der Waals surface area contributed by atoms with Crippen molar-refractivity contribution in [1.29, 1.82) is 0 Å². The van der Waals surface area contributed by atoms with Crippen molar-refractivity contribution >= 4 is 17.2 Å². The second kappa shape index (κ2) is 10.7. The van der Waals surface area contributed by atoms with E-state index in [4.69, 9.17) is 4.74 Å². The van der Waals surface area contributed by atoms with Gasteiger partial charge in [0.2, 0.25) is 0 Å². The Kier molecular flexibility index (Phi) is 7.78. The molecule has 0 bridgehead atoms. The van der Waals surface area contributed by atoms with Gasteiger partial charge in [-0.25, -0.2) is 4.98 Å². The number of thiazole rings is 1. The summed E-state index contributed by atoms with van der Waals surface area (Å²) in [4.78, 5) is 19.0. The van der Waals surface area contributed by atoms with Crippen LogP contribution in [0.15, 0.2) is 59.4 Å². The molecule has 0 saturated heterocycles. The van der Waals surface area contributed by atoms with E-state index >= 15 is 0 Å². The normalized spacial score (nSPS) is 10.9. The molecule has 0 atom stereocenters. The summed E-state index contributed by atoms with van der Waals surface area (Å²) in [6, 6.07) is 15.6. The van der Waals surface area contributed by atoms with Crippen LogP contribution in [0.4, 0.5) is 0 Å². The van der Waals surface area contributed by atoms with Crippen molar-refractivity contribution < 1.29 is 9.53 Å². The summed E-state index contributed by atoms with van der Waals surface area (Å²) in [5, 5.41) is 4.93. The van der Waals surface area contributed by atoms with Crippen LogP contribution in [0.2, 0.25) is 0 Å². The largest absolute Gasteiger partial charge is 0.487 e. The molecule has 0 fully saturated rings. The maximum Gasteiger partial charge on any atom is 0.251 e. The molecule has 1 heterocycles. The van der Waals surface area contributed by atoms with E-state index in [1.165, 1.54) is 5.56 Å². The van der Waals surface area contributed by atoms with Gasteiger partial charge in [0.05, 0.1) is 11.2 Å². The number of carbonyl (C=O) groups excluding carboxylic acids is 1. The highest BCUT2D eigenvalue weighted by Crippen LogP contribution is 2.15. The molecule has 1 aromatic heterocycles. The average molecular weight is 410 g/mol. The van der Waals surface area contributed by atoms with E-state index < -0.39 is 0 Å². The van der Waals surface area contributed by atoms with Crippen LogP contribution < -0.4 is 10.1 Å². The fourth-order valence-electron chi connectivity index (χ4n) is 2.92. The van der Waals surface area contributed by atoms with Crippen LogP contribution in [-0.4, -0.2) is 28.9 Å². The molecule has 0 unspecified atom stereocenters. The summed E-state index contributed by atoms with van der Waals surface area (Å²) in [5.74, 6) is 0.626. The van der Waals surface area contributed by atoms with Gasteiger partial charge in [-0.15, -0.1) is 11.3 Å². The van der Waals surface area contributed by atoms with E-state index in [0.29, 0.717) is 18.7 Å². The zero-order chi connectivity index (χ0) is 20.5. The third kappa shape index (κ3) is 6.41. The van der Waals surface area contributed by atoms with Gasteiger partial charge in [-0.05, 0) is 48.5 Å². The molecular formula is C23H27N3O2S. The van der Waals surface area contributed by atoms with E-state index in [0.717, 1.165) is 36.6 Å². The molecule has 6 heteroatoms. The van der Waals surface area contributed by atoms with Crippen molar-refractivity contribution in [2.24, 2.45) is 0 Å². The fraction of sp³-hybridized carbons (Fsp3) is 0.304. The van der Waals surface area contributed by atoms with Gasteiger partial charge in [-0.3, -0.25) is 9.69 Å². The minimum atomic E-state index is -0.0942. The first kappa shape index (κ1) is 21.0. The Labute approximate surface area is 176 Å². The standard InChI is InChI=1S/C23H27N3O2S/c1-3-26(4-2)14-19-7-5-18(6-8-19)13-24-23(27)20-9-11-22(12-10-20)28-15-21-16-29-17-25-21/h5-12,16-17H,3-4,13-15H2,1-2H3,(H,24,27). The molecule has 3 aromatic rings. The molecular weight excluding hydrogens is 382 g/mol. The molecule has 2 aromatic carbocycles. The quantitative estimate of drug-likeness (QED) is 0.536. The maximum absolute atomic E-state index is 12.4. The summed E-state index contributed by atoms with van der Waals surface area (Å²) in [6.07, 6.45) is 0. The minimum Gasteiger partial charge on any atom is -0.487 e. The molecule has 29 heavy (non-hydrogen) atoms. The van der Waals surface area contributed by atoms with Crippen molar-refractivity contribution in [3.63, 3.8) is 0 Å². The molecule has 0 aliphatic heterocycles. The van der Waals surface area contributed by atoms with Gasteiger partial charge in [0.15, 0.2) is 0 Å². The summed E-state index contributed by atoms with van der Waals surface area (Å²) >= 11 is 1.54. The van der Waals surface area contributed by atoms with E-state index in [1.54, 1.807) is 29.0 Å². The molecule has 0 spiro atoms. The Morgan fingerprint density at radius 1 is 1.03 bits per heavy atom. The van der Waals surface area contributed by atoms with E-state index in [-0.39, 0.29) is 5.91 Å². The first-order valence-corrected chi connectivity index (χ1v) is 10.8. The van der Waals surface area contributed by atoms with Gasteiger partial charge < -0.3 is 10.1 Å². The van der Waals surface area contributed by atoms with Gasteiger partial charge in [0.1, 0.15) is 12.4 Å². The SMILES string of the molecule is CCN(CC)Cc1ccc(CNC(=O)c2ccc(OCc3cscn3)cc2)cc1. The van der Waals surface area contributed by atoms with Gasteiger partial charge in [-0.1, -0.05) is 38.1 Å². The predicted octanol–water partition coefficient (Wildman–Crippen LogP) is 4.49. The molecule has 1 amide bonds. The monoisotopic (exact) mass is 409 g/mol. The number of ether oxygens (including phenoxy) is 1. The Balaban J connectivity index is 1.47. The third-order valence-corrected chi connectivity index (χ3v) is 5.40. The molecule has 0 aliphatic carbocycles. The number of amides is 1. The summed E-state index contributed by atoms with van der Waals surface area (Å²) < 4.78 is 5.68. The van der Waals surface area contributed by atoms with Gasteiger partial charge in [-0.2, -0.15) is 0 Å². The Morgan fingerprint density at radius 3 is 2.34 bits per heavy atom. The third-order valence-electron chi connectivity index (χ3n) is 4.76. The van der Waals surface area contributed by atoms with Gasteiger partial charge in [0.25, 0.3) is 5.91 Å². The number of nitrogens with one attached hydrogen (secondary N) is 1. The average Bonchev–Trinajstić information content (AvgIpc) is 3.29. The molecule has 0 aliphatic rings. The van der Waals surface area contributed by atoms with Crippen molar-refractivity contribution in [3.8, 4) is 5.75 Å². The molecule has 0 saturated carbocycles. The first-order valence-electron chi connectivity index (χ1n) is 9.86. The van der Waals surface area contributed by atoms with E-state index in [9.17, 15) is 4.79 Å². The van der Waals surface area contributed by atoms with Gasteiger partial charge >= 0.3 is 0 Å². The van der Waals surface area contributed by atoms with Crippen molar-refractivity contribution in [1.82, 2.24) is 15.2 Å². The zero-order valence-electron chi connectivity index (χ0n) is 16.9. The number of rotatable bonds is 10. The van der Waals surface area contributed by atoms with Gasteiger partial charge in [0, 0.05) is 24.0 Å². The topological polar surface area (TPSA) is 54.5 Å². The fourth-order valence-corrected chi connectivity index (χ4v) is 3.46. The highest BCUT2D eigenvalue weighted by Gasteiger charge is 2.07. The van der Waals surface area contributed by atoms with Crippen LogP contribution >= 0.6 is 11.3 Å². The Hall–Kier alpha value is -2.70. The molecule has 5 nitrogen and oxygen atoms in total. The molecule has 1 N–H and O–H groups in total. The van der Waals surface area contributed by atoms with E-state index in [2.05, 4.69) is 53.3 Å². The predicted molar refractivity (Wildman–Crippen MR) is 117 cm³/mol. The number of carbonyl (C=O) groups is 1. The number of nitrogens with zero attached hydrogens (tertiary/aromatic N) is 2. The lowest BCUT2D eigenvalue weighted by Crippen LogP contribution is -2.23. The first-order chi connectivity index (χ1) is 14.2. The minimum absolute atomic E-state index is 0.0942. The number of benzene rings is 2. The molecule has 152 valence electrons. The Morgan fingerprint density at radius 2 is 1.72 bits per heavy atom.